The van der Waals surface area contributed by atoms with Crippen LogP contribution in [0.25, 0.3) is 0 Å². The van der Waals surface area contributed by atoms with Gasteiger partial charge in [-0.05, 0) is 55.0 Å². The van der Waals surface area contributed by atoms with Crippen molar-refractivity contribution < 1.29 is 14.3 Å². The fraction of sp³-hybridized carbons (Fsp3) is 0.462. The van der Waals surface area contributed by atoms with Crippen LogP contribution in [0.5, 0.6) is 0 Å². The minimum absolute atomic E-state index is 0.248. The van der Waals surface area contributed by atoms with Gasteiger partial charge in [-0.2, -0.15) is 0 Å². The zero-order valence-electron chi connectivity index (χ0n) is 20.2. The van der Waals surface area contributed by atoms with Crippen LogP contribution in [0, 0.1) is 18.8 Å². The molecule has 2 N–H and O–H groups in total. The summed E-state index contributed by atoms with van der Waals surface area (Å²) in [4.78, 5) is 26.7. The highest BCUT2D eigenvalue weighted by Crippen LogP contribution is 2.30. The molecule has 0 saturated carbocycles. The van der Waals surface area contributed by atoms with Crippen LogP contribution < -0.4 is 15.5 Å². The Morgan fingerprint density at radius 1 is 0.938 bits per heavy atom. The second-order valence-corrected chi connectivity index (χ2v) is 9.07. The predicted molar refractivity (Wildman–Crippen MR) is 132 cm³/mol. The number of methoxy groups -OCH3 is 1. The van der Waals surface area contributed by atoms with Crippen molar-refractivity contribution in [1.29, 1.82) is 0 Å². The minimum atomic E-state index is -0.297. The molecule has 32 heavy (non-hydrogen) atoms. The Morgan fingerprint density at radius 3 is 2.12 bits per heavy atom. The van der Waals surface area contributed by atoms with Gasteiger partial charge in [-0.15, -0.1) is 0 Å². The van der Waals surface area contributed by atoms with Crippen molar-refractivity contribution in [1.82, 2.24) is 0 Å². The monoisotopic (exact) mass is 439 g/mol. The molecule has 0 aliphatic rings. The van der Waals surface area contributed by atoms with Crippen LogP contribution in [-0.4, -0.2) is 32.2 Å². The Balaban J connectivity index is 2.30. The van der Waals surface area contributed by atoms with Gasteiger partial charge in [0.1, 0.15) is 0 Å². The van der Waals surface area contributed by atoms with E-state index in [0.717, 1.165) is 41.3 Å². The molecule has 0 fully saturated rings. The first-order valence-corrected chi connectivity index (χ1v) is 11.3. The van der Waals surface area contributed by atoms with Gasteiger partial charge >= 0.3 is 12.0 Å². The zero-order valence-corrected chi connectivity index (χ0v) is 20.2. The molecular weight excluding hydrogens is 402 g/mol. The topological polar surface area (TPSA) is 70.7 Å². The molecule has 2 rings (SSSR count). The molecule has 0 aliphatic heterocycles. The van der Waals surface area contributed by atoms with Gasteiger partial charge in [0.25, 0.3) is 0 Å². The number of nitrogens with one attached hydrogen (secondary N) is 2. The van der Waals surface area contributed by atoms with E-state index in [1.807, 2.05) is 49.4 Å². The molecule has 0 atom stereocenters. The van der Waals surface area contributed by atoms with E-state index < -0.39 is 0 Å². The van der Waals surface area contributed by atoms with Crippen LogP contribution in [0.1, 0.15) is 45.2 Å². The molecule has 0 saturated heterocycles. The second-order valence-electron chi connectivity index (χ2n) is 9.07. The van der Waals surface area contributed by atoms with Crippen molar-refractivity contribution >= 4 is 29.1 Å². The molecule has 0 heterocycles. The fourth-order valence-corrected chi connectivity index (χ4v) is 3.54. The summed E-state index contributed by atoms with van der Waals surface area (Å²) >= 11 is 0. The average molecular weight is 440 g/mol. The molecule has 6 heteroatoms. The van der Waals surface area contributed by atoms with E-state index in [-0.39, 0.29) is 12.0 Å². The van der Waals surface area contributed by atoms with E-state index in [2.05, 4.69) is 43.2 Å². The first kappa shape index (κ1) is 25.2. The van der Waals surface area contributed by atoms with E-state index in [9.17, 15) is 9.59 Å². The summed E-state index contributed by atoms with van der Waals surface area (Å²) in [6.07, 6.45) is 0.849. The number of amides is 2. The summed E-state index contributed by atoms with van der Waals surface area (Å²) < 4.78 is 4.76. The van der Waals surface area contributed by atoms with Gasteiger partial charge in [-0.3, -0.25) is 4.79 Å². The third kappa shape index (κ3) is 8.25. The number of carbonyl (C=O) groups excluding carboxylic acids is 2. The van der Waals surface area contributed by atoms with E-state index in [1.165, 1.54) is 7.11 Å². The summed E-state index contributed by atoms with van der Waals surface area (Å²) in [5.41, 5.74) is 4.55. The lowest BCUT2D eigenvalue weighted by atomic mass is 10.1. The highest BCUT2D eigenvalue weighted by Gasteiger charge is 2.17. The van der Waals surface area contributed by atoms with E-state index in [4.69, 9.17) is 4.74 Å². The molecule has 0 aromatic heterocycles. The van der Waals surface area contributed by atoms with Gasteiger partial charge in [0.05, 0.1) is 18.5 Å². The quantitative estimate of drug-likeness (QED) is 0.455. The molecule has 0 spiro atoms. The maximum Gasteiger partial charge on any atom is 0.323 e. The highest BCUT2D eigenvalue weighted by atomic mass is 16.5. The first-order valence-electron chi connectivity index (χ1n) is 11.3. The van der Waals surface area contributed by atoms with Crippen molar-refractivity contribution in [3.05, 3.63) is 53.6 Å². The SMILES string of the molecule is COC(=O)CCc1ccc(N(CC(C)C)CC(C)C)c(NC(=O)Nc2ccc(C)cc2)c1. The number of nitrogens with zero attached hydrogens (tertiary/aromatic N) is 1. The number of aryl methyl sites for hydroxylation is 2. The first-order chi connectivity index (χ1) is 15.2. The maximum absolute atomic E-state index is 12.8. The molecule has 2 aromatic rings. The molecule has 0 aliphatic carbocycles. The largest absolute Gasteiger partial charge is 0.469 e. The molecule has 2 amide bonds. The number of hydrogen-bond acceptors (Lipinski definition) is 4. The van der Waals surface area contributed by atoms with Crippen LogP contribution in [0.4, 0.5) is 21.9 Å². The van der Waals surface area contributed by atoms with Gasteiger partial charge < -0.3 is 20.3 Å². The summed E-state index contributed by atoms with van der Waals surface area (Å²) in [7, 11) is 1.39. The Morgan fingerprint density at radius 2 is 1.56 bits per heavy atom. The number of benzene rings is 2. The van der Waals surface area contributed by atoms with E-state index in [0.29, 0.717) is 24.7 Å². The number of urea groups is 1. The molecule has 0 bridgehead atoms. The van der Waals surface area contributed by atoms with Crippen molar-refractivity contribution in [3.63, 3.8) is 0 Å². The number of rotatable bonds is 10. The Hall–Kier alpha value is -3.02. The normalized spacial score (nSPS) is 10.9. The summed E-state index contributed by atoms with van der Waals surface area (Å²) in [5.74, 6) is 0.700. The number of hydrogen-bond donors (Lipinski definition) is 2. The number of ether oxygens (including phenoxy) is 1. The third-order valence-corrected chi connectivity index (χ3v) is 4.98. The Kier molecular flexibility index (Phi) is 9.57. The highest BCUT2D eigenvalue weighted by molar-refractivity contribution is 6.02. The second kappa shape index (κ2) is 12.1. The molecule has 0 unspecified atom stereocenters. The van der Waals surface area contributed by atoms with Gasteiger partial charge in [0.15, 0.2) is 0 Å². The van der Waals surface area contributed by atoms with Crippen LogP contribution in [-0.2, 0) is 16.0 Å². The van der Waals surface area contributed by atoms with Crippen molar-refractivity contribution in [2.45, 2.75) is 47.5 Å². The molecular formula is C26H37N3O3. The number of anilines is 3. The average Bonchev–Trinajstić information content (AvgIpc) is 2.72. The van der Waals surface area contributed by atoms with Crippen LogP contribution in [0.2, 0.25) is 0 Å². The molecule has 6 nitrogen and oxygen atoms in total. The maximum atomic E-state index is 12.8. The number of esters is 1. The Bertz CT molecular complexity index is 882. The van der Waals surface area contributed by atoms with Crippen molar-refractivity contribution in [3.8, 4) is 0 Å². The van der Waals surface area contributed by atoms with Crippen LogP contribution in [0.3, 0.4) is 0 Å². The standard InChI is InChI=1S/C26H37N3O3/c1-18(2)16-29(17-19(3)4)24-13-9-21(10-14-25(30)32-6)15-23(24)28-26(31)27-22-11-7-20(5)8-12-22/h7-9,11-13,15,18-19H,10,14,16-17H2,1-6H3,(H2,27,28,31). The predicted octanol–water partition coefficient (Wildman–Crippen LogP) is 5.86. The zero-order chi connectivity index (χ0) is 23.7. The number of carbonyl (C=O) groups is 2. The smallest absolute Gasteiger partial charge is 0.323 e. The van der Waals surface area contributed by atoms with Crippen LogP contribution >= 0.6 is 0 Å². The van der Waals surface area contributed by atoms with Gasteiger partial charge in [-0.1, -0.05) is 51.5 Å². The van der Waals surface area contributed by atoms with Crippen molar-refractivity contribution in [2.24, 2.45) is 11.8 Å². The van der Waals surface area contributed by atoms with E-state index >= 15 is 0 Å². The minimum Gasteiger partial charge on any atom is -0.469 e. The van der Waals surface area contributed by atoms with Crippen LogP contribution in [0.15, 0.2) is 42.5 Å². The lowest BCUT2D eigenvalue weighted by Crippen LogP contribution is -2.32. The van der Waals surface area contributed by atoms with Crippen molar-refractivity contribution in [2.75, 3.05) is 35.7 Å². The lowest BCUT2D eigenvalue weighted by molar-refractivity contribution is -0.140. The van der Waals surface area contributed by atoms with Gasteiger partial charge in [0.2, 0.25) is 0 Å². The third-order valence-electron chi connectivity index (χ3n) is 4.98. The summed E-state index contributed by atoms with van der Waals surface area (Å²) in [6, 6.07) is 13.4. The fourth-order valence-electron chi connectivity index (χ4n) is 3.54. The van der Waals surface area contributed by atoms with Gasteiger partial charge in [0, 0.05) is 25.2 Å². The molecule has 0 radical (unpaired) electrons. The summed E-state index contributed by atoms with van der Waals surface area (Å²) in [5, 5.41) is 5.94. The lowest BCUT2D eigenvalue weighted by Gasteiger charge is -2.30. The summed E-state index contributed by atoms with van der Waals surface area (Å²) in [6.45, 7) is 12.5. The molecule has 2 aromatic carbocycles. The molecule has 174 valence electrons. The van der Waals surface area contributed by atoms with E-state index in [1.54, 1.807) is 0 Å². The Labute approximate surface area is 192 Å². The van der Waals surface area contributed by atoms with Gasteiger partial charge in [-0.25, -0.2) is 4.79 Å².